The van der Waals surface area contributed by atoms with Gasteiger partial charge >= 0.3 is 0 Å². The topological polar surface area (TPSA) is 54.4 Å². The first-order valence-corrected chi connectivity index (χ1v) is 5.79. The van der Waals surface area contributed by atoms with Crippen molar-refractivity contribution in [2.24, 2.45) is 0 Å². The fourth-order valence-corrected chi connectivity index (χ4v) is 1.66. The Morgan fingerprint density at radius 2 is 2.17 bits per heavy atom. The van der Waals surface area contributed by atoms with Gasteiger partial charge in [0, 0.05) is 18.3 Å². The van der Waals surface area contributed by atoms with Crippen molar-refractivity contribution >= 4 is 0 Å². The minimum Gasteiger partial charge on any atom is -0.439 e. The molecule has 2 N–H and O–H groups in total. The third kappa shape index (κ3) is 3.06. The van der Waals surface area contributed by atoms with Gasteiger partial charge in [0.05, 0.1) is 6.61 Å². The average molecular weight is 244 g/mol. The predicted octanol–water partition coefficient (Wildman–Crippen LogP) is 2.09. The number of aliphatic hydroxyl groups is 1. The van der Waals surface area contributed by atoms with E-state index in [1.54, 1.807) is 12.3 Å². The highest BCUT2D eigenvalue weighted by molar-refractivity contribution is 5.34. The van der Waals surface area contributed by atoms with Crippen LogP contribution in [0, 0.1) is 0 Å². The minimum atomic E-state index is 0.00277. The lowest BCUT2D eigenvalue weighted by Crippen LogP contribution is -2.07. The molecular formula is C14H16N2O2. The molecule has 0 radical (unpaired) electrons. The molecule has 4 heteroatoms. The van der Waals surface area contributed by atoms with Crippen LogP contribution in [0.4, 0.5) is 0 Å². The fourth-order valence-electron chi connectivity index (χ4n) is 1.66. The van der Waals surface area contributed by atoms with Crippen molar-refractivity contribution in [2.75, 3.05) is 7.05 Å². The molecule has 0 bridgehead atoms. The molecule has 0 unspecified atom stereocenters. The molecule has 0 atom stereocenters. The fraction of sp³-hybridized carbons (Fsp3) is 0.214. The molecule has 1 aromatic heterocycles. The van der Waals surface area contributed by atoms with Crippen molar-refractivity contribution in [1.82, 2.24) is 10.3 Å². The largest absolute Gasteiger partial charge is 0.439 e. The smallest absolute Gasteiger partial charge is 0.223 e. The Morgan fingerprint density at radius 1 is 1.28 bits per heavy atom. The summed E-state index contributed by atoms with van der Waals surface area (Å²) in [5, 5.41) is 12.2. The second-order valence-corrected chi connectivity index (χ2v) is 3.91. The zero-order chi connectivity index (χ0) is 12.8. The number of hydrogen-bond acceptors (Lipinski definition) is 4. The van der Waals surface area contributed by atoms with Gasteiger partial charge in [-0.05, 0) is 30.8 Å². The van der Waals surface area contributed by atoms with Gasteiger partial charge in [-0.2, -0.15) is 0 Å². The van der Waals surface area contributed by atoms with E-state index in [1.807, 2.05) is 37.4 Å². The summed E-state index contributed by atoms with van der Waals surface area (Å²) >= 11 is 0. The Bertz CT molecular complexity index is 515. The second-order valence-electron chi connectivity index (χ2n) is 3.91. The van der Waals surface area contributed by atoms with Crippen LogP contribution < -0.4 is 10.1 Å². The van der Waals surface area contributed by atoms with E-state index in [0.29, 0.717) is 18.2 Å². The molecule has 0 spiro atoms. The maximum atomic E-state index is 9.09. The summed E-state index contributed by atoms with van der Waals surface area (Å²) in [6.07, 6.45) is 1.70. The summed E-state index contributed by atoms with van der Waals surface area (Å²) in [5.41, 5.74) is 1.81. The highest BCUT2D eigenvalue weighted by Gasteiger charge is 2.05. The van der Waals surface area contributed by atoms with Crippen LogP contribution >= 0.6 is 0 Å². The molecular weight excluding hydrogens is 228 g/mol. The number of benzene rings is 1. The molecule has 2 aromatic rings. The highest BCUT2D eigenvalue weighted by Crippen LogP contribution is 2.23. The van der Waals surface area contributed by atoms with E-state index in [0.717, 1.165) is 11.1 Å². The molecule has 0 aliphatic heterocycles. The Balaban J connectivity index is 2.22. The number of nitrogens with one attached hydrogen (secondary N) is 1. The van der Waals surface area contributed by atoms with Gasteiger partial charge in [0.15, 0.2) is 0 Å². The first-order valence-electron chi connectivity index (χ1n) is 5.79. The lowest BCUT2D eigenvalue weighted by Gasteiger charge is -2.10. The van der Waals surface area contributed by atoms with Crippen molar-refractivity contribution in [1.29, 1.82) is 0 Å². The van der Waals surface area contributed by atoms with E-state index in [4.69, 9.17) is 9.84 Å². The van der Waals surface area contributed by atoms with E-state index in [2.05, 4.69) is 10.3 Å². The van der Waals surface area contributed by atoms with Gasteiger partial charge in [-0.25, -0.2) is 4.98 Å². The SMILES string of the molecule is CNCc1cccnc1Oc1cccc(CO)c1. The van der Waals surface area contributed by atoms with Crippen LogP contribution in [-0.2, 0) is 13.2 Å². The molecule has 1 aromatic carbocycles. The molecule has 0 fully saturated rings. The number of aromatic nitrogens is 1. The third-order valence-electron chi connectivity index (χ3n) is 2.51. The summed E-state index contributed by atoms with van der Waals surface area (Å²) < 4.78 is 5.74. The molecule has 2 rings (SSSR count). The number of nitrogens with zero attached hydrogens (tertiary/aromatic N) is 1. The zero-order valence-electron chi connectivity index (χ0n) is 10.3. The molecule has 4 nitrogen and oxygen atoms in total. The molecule has 0 aliphatic carbocycles. The molecule has 1 heterocycles. The molecule has 0 saturated carbocycles. The van der Waals surface area contributed by atoms with Crippen LogP contribution in [0.25, 0.3) is 0 Å². The molecule has 0 aliphatic rings. The maximum absolute atomic E-state index is 9.09. The summed E-state index contributed by atoms with van der Waals surface area (Å²) in [6.45, 7) is 0.700. The molecule has 0 amide bonds. The summed E-state index contributed by atoms with van der Waals surface area (Å²) in [4.78, 5) is 4.22. The first kappa shape index (κ1) is 12.5. The normalized spacial score (nSPS) is 10.3. The Morgan fingerprint density at radius 3 is 2.94 bits per heavy atom. The van der Waals surface area contributed by atoms with Gasteiger partial charge in [-0.15, -0.1) is 0 Å². The summed E-state index contributed by atoms with van der Waals surface area (Å²) in [5.74, 6) is 1.26. The highest BCUT2D eigenvalue weighted by atomic mass is 16.5. The number of ether oxygens (including phenoxy) is 1. The second kappa shape index (κ2) is 6.14. The Kier molecular flexibility index (Phi) is 4.28. The van der Waals surface area contributed by atoms with Gasteiger partial charge < -0.3 is 15.2 Å². The summed E-state index contributed by atoms with van der Waals surface area (Å²) in [6, 6.07) is 11.2. The van der Waals surface area contributed by atoms with Crippen LogP contribution in [0.3, 0.4) is 0 Å². The van der Waals surface area contributed by atoms with Crippen LogP contribution in [0.2, 0.25) is 0 Å². The Hall–Kier alpha value is -1.91. The minimum absolute atomic E-state index is 0.00277. The lowest BCUT2D eigenvalue weighted by atomic mass is 10.2. The maximum Gasteiger partial charge on any atom is 0.223 e. The molecule has 18 heavy (non-hydrogen) atoms. The van der Waals surface area contributed by atoms with E-state index >= 15 is 0 Å². The van der Waals surface area contributed by atoms with Crippen molar-refractivity contribution in [2.45, 2.75) is 13.2 Å². The Labute approximate surface area is 106 Å². The number of hydrogen-bond donors (Lipinski definition) is 2. The first-order chi connectivity index (χ1) is 8.83. The predicted molar refractivity (Wildman–Crippen MR) is 69.4 cm³/mol. The van der Waals surface area contributed by atoms with Gasteiger partial charge in [0.1, 0.15) is 5.75 Å². The number of rotatable bonds is 5. The average Bonchev–Trinajstić information content (AvgIpc) is 2.41. The van der Waals surface area contributed by atoms with E-state index in [9.17, 15) is 0 Å². The van der Waals surface area contributed by atoms with Gasteiger partial charge in [-0.1, -0.05) is 18.2 Å². The van der Waals surface area contributed by atoms with E-state index in [-0.39, 0.29) is 6.61 Å². The van der Waals surface area contributed by atoms with Gasteiger partial charge in [-0.3, -0.25) is 0 Å². The number of pyridine rings is 1. The van der Waals surface area contributed by atoms with Crippen molar-refractivity contribution in [3.63, 3.8) is 0 Å². The lowest BCUT2D eigenvalue weighted by molar-refractivity contribution is 0.281. The van der Waals surface area contributed by atoms with E-state index in [1.165, 1.54) is 0 Å². The van der Waals surface area contributed by atoms with Crippen LogP contribution in [0.15, 0.2) is 42.6 Å². The van der Waals surface area contributed by atoms with Crippen molar-refractivity contribution in [3.8, 4) is 11.6 Å². The van der Waals surface area contributed by atoms with Gasteiger partial charge in [0.25, 0.3) is 0 Å². The standard InChI is InChI=1S/C14H16N2O2/c1-15-9-12-5-3-7-16-14(12)18-13-6-2-4-11(8-13)10-17/h2-8,15,17H,9-10H2,1H3. The van der Waals surface area contributed by atoms with Crippen LogP contribution in [-0.4, -0.2) is 17.1 Å². The van der Waals surface area contributed by atoms with Crippen LogP contribution in [0.1, 0.15) is 11.1 Å². The summed E-state index contributed by atoms with van der Waals surface area (Å²) in [7, 11) is 1.88. The third-order valence-corrected chi connectivity index (χ3v) is 2.51. The van der Waals surface area contributed by atoms with Crippen molar-refractivity contribution < 1.29 is 9.84 Å². The quantitative estimate of drug-likeness (QED) is 0.845. The van der Waals surface area contributed by atoms with E-state index < -0.39 is 0 Å². The number of aliphatic hydroxyl groups excluding tert-OH is 1. The zero-order valence-corrected chi connectivity index (χ0v) is 10.3. The monoisotopic (exact) mass is 244 g/mol. The van der Waals surface area contributed by atoms with Crippen molar-refractivity contribution in [3.05, 3.63) is 53.7 Å². The van der Waals surface area contributed by atoms with Crippen LogP contribution in [0.5, 0.6) is 11.6 Å². The molecule has 94 valence electrons. The molecule has 0 saturated heterocycles. The van der Waals surface area contributed by atoms with Gasteiger partial charge in [0.2, 0.25) is 5.88 Å².